The Labute approximate surface area is 154 Å². The molecule has 0 saturated carbocycles. The largest absolute Gasteiger partial charge is 0.497 e. The topological polar surface area (TPSA) is 63.5 Å². The number of hydrogen-bond acceptors (Lipinski definition) is 3. The van der Waals surface area contributed by atoms with Crippen molar-refractivity contribution in [3.63, 3.8) is 0 Å². The average molecular weight is 364 g/mol. The van der Waals surface area contributed by atoms with E-state index in [0.717, 1.165) is 48.4 Å². The average Bonchev–Trinajstić information content (AvgIpc) is 3.11. The number of aliphatic imine (C=N–C) groups is 1. The molecular weight excluding hydrogens is 338 g/mol. The summed E-state index contributed by atoms with van der Waals surface area (Å²) in [5.41, 5.74) is 1.08. The Morgan fingerprint density at radius 2 is 2.24 bits per heavy atom. The van der Waals surface area contributed by atoms with Gasteiger partial charge in [0.15, 0.2) is 5.96 Å². The molecule has 2 rings (SSSR count). The molecule has 0 saturated heterocycles. The lowest BCUT2D eigenvalue weighted by atomic mass is 10.1. The predicted octanol–water partition coefficient (Wildman–Crippen LogP) is 2.59. The fourth-order valence-corrected chi connectivity index (χ4v) is 2.72. The summed E-state index contributed by atoms with van der Waals surface area (Å²) < 4.78 is 7.11. The Hall–Kier alpha value is -2.21. The lowest BCUT2D eigenvalue weighted by Gasteiger charge is -2.16. The molecule has 0 aliphatic rings. The summed E-state index contributed by atoms with van der Waals surface area (Å²) in [7, 11) is 3.41. The van der Waals surface area contributed by atoms with Gasteiger partial charge in [-0.2, -0.15) is 5.10 Å². The van der Waals surface area contributed by atoms with Crippen LogP contribution in [0.15, 0.2) is 41.7 Å². The summed E-state index contributed by atoms with van der Waals surface area (Å²) in [5.74, 6) is 2.00. The van der Waals surface area contributed by atoms with Gasteiger partial charge in [-0.3, -0.25) is 9.67 Å². The summed E-state index contributed by atoms with van der Waals surface area (Å²) in [4.78, 5) is 4.26. The molecule has 1 heterocycles. The van der Waals surface area contributed by atoms with Crippen molar-refractivity contribution in [2.45, 2.75) is 19.9 Å². The second kappa shape index (κ2) is 9.93. The molecule has 1 aromatic heterocycles. The number of aromatic nitrogens is 2. The van der Waals surface area contributed by atoms with Crippen molar-refractivity contribution < 1.29 is 4.74 Å². The van der Waals surface area contributed by atoms with Gasteiger partial charge in [0, 0.05) is 44.1 Å². The fourth-order valence-electron chi connectivity index (χ4n) is 2.46. The van der Waals surface area contributed by atoms with E-state index >= 15 is 0 Å². The van der Waals surface area contributed by atoms with Crippen LogP contribution in [0.25, 0.3) is 0 Å². The molecule has 1 unspecified atom stereocenters. The van der Waals surface area contributed by atoms with Gasteiger partial charge in [-0.05, 0) is 36.1 Å². The number of benzene rings is 1. The van der Waals surface area contributed by atoms with Crippen LogP contribution in [-0.4, -0.2) is 43.0 Å². The van der Waals surface area contributed by atoms with E-state index in [1.165, 1.54) is 0 Å². The van der Waals surface area contributed by atoms with Gasteiger partial charge in [0.05, 0.1) is 7.11 Å². The minimum atomic E-state index is 0.439. The Kier molecular flexibility index (Phi) is 7.60. The molecular formula is C18H26ClN5O. The molecule has 0 fully saturated rings. The molecule has 136 valence electrons. The molecule has 2 N–H and O–H groups in total. The minimum Gasteiger partial charge on any atom is -0.497 e. The molecule has 6 nitrogen and oxygen atoms in total. The maximum absolute atomic E-state index is 6.27. The first kappa shape index (κ1) is 19.1. The van der Waals surface area contributed by atoms with Crippen LogP contribution in [0.2, 0.25) is 5.02 Å². The maximum Gasteiger partial charge on any atom is 0.190 e. The highest BCUT2D eigenvalue weighted by Gasteiger charge is 2.06. The molecule has 0 radical (unpaired) electrons. The highest BCUT2D eigenvalue weighted by Crippen LogP contribution is 2.22. The van der Waals surface area contributed by atoms with Crippen molar-refractivity contribution in [2.24, 2.45) is 10.9 Å². The standard InChI is InChI=1S/C18H26ClN5O/c1-14(13-24-10-4-8-23-24)12-22-18(20-2)21-9-7-15-5-6-16(25-3)11-17(15)19/h4-6,8,10-11,14H,7,9,12-13H2,1-3H3,(H2,20,21,22). The van der Waals surface area contributed by atoms with E-state index in [4.69, 9.17) is 16.3 Å². The van der Waals surface area contributed by atoms with Crippen LogP contribution in [0.1, 0.15) is 12.5 Å². The summed E-state index contributed by atoms with van der Waals surface area (Å²) in [6.45, 7) is 4.62. The van der Waals surface area contributed by atoms with Crippen molar-refractivity contribution in [3.8, 4) is 5.75 Å². The summed E-state index contributed by atoms with van der Waals surface area (Å²) in [6, 6.07) is 7.68. The van der Waals surface area contributed by atoms with Crippen LogP contribution in [0.4, 0.5) is 0 Å². The van der Waals surface area contributed by atoms with Crippen molar-refractivity contribution in [1.82, 2.24) is 20.4 Å². The molecule has 0 aliphatic carbocycles. The maximum atomic E-state index is 6.27. The summed E-state index contributed by atoms with van der Waals surface area (Å²) >= 11 is 6.27. The molecule has 0 spiro atoms. The van der Waals surface area contributed by atoms with Crippen LogP contribution < -0.4 is 15.4 Å². The first-order valence-corrected chi connectivity index (χ1v) is 8.74. The van der Waals surface area contributed by atoms with Crippen LogP contribution in [0.3, 0.4) is 0 Å². The van der Waals surface area contributed by atoms with E-state index < -0.39 is 0 Å². The van der Waals surface area contributed by atoms with Gasteiger partial charge in [-0.1, -0.05) is 24.6 Å². The number of nitrogens with zero attached hydrogens (tertiary/aromatic N) is 3. The fraction of sp³-hybridized carbons (Fsp3) is 0.444. The first-order valence-electron chi connectivity index (χ1n) is 8.36. The van der Waals surface area contributed by atoms with Gasteiger partial charge in [-0.25, -0.2) is 0 Å². The summed E-state index contributed by atoms with van der Waals surface area (Å²) in [6.07, 6.45) is 4.58. The third kappa shape index (κ3) is 6.31. The van der Waals surface area contributed by atoms with E-state index in [2.05, 4.69) is 27.6 Å². The smallest absolute Gasteiger partial charge is 0.190 e. The van der Waals surface area contributed by atoms with Crippen molar-refractivity contribution in [2.75, 3.05) is 27.2 Å². The predicted molar refractivity (Wildman–Crippen MR) is 102 cm³/mol. The molecule has 25 heavy (non-hydrogen) atoms. The third-order valence-electron chi connectivity index (χ3n) is 3.85. The van der Waals surface area contributed by atoms with E-state index in [1.807, 2.05) is 35.1 Å². The first-order chi connectivity index (χ1) is 12.1. The number of rotatable bonds is 8. The number of ether oxygens (including phenoxy) is 1. The van der Waals surface area contributed by atoms with E-state index in [1.54, 1.807) is 20.4 Å². The van der Waals surface area contributed by atoms with Crippen molar-refractivity contribution in [3.05, 3.63) is 47.2 Å². The highest BCUT2D eigenvalue weighted by molar-refractivity contribution is 6.31. The normalized spacial score (nSPS) is 12.7. The van der Waals surface area contributed by atoms with Crippen molar-refractivity contribution >= 4 is 17.6 Å². The lowest BCUT2D eigenvalue weighted by Crippen LogP contribution is -2.40. The van der Waals surface area contributed by atoms with Crippen LogP contribution in [0.5, 0.6) is 5.75 Å². The van der Waals surface area contributed by atoms with Gasteiger partial charge in [-0.15, -0.1) is 0 Å². The van der Waals surface area contributed by atoms with E-state index in [9.17, 15) is 0 Å². The third-order valence-corrected chi connectivity index (χ3v) is 4.20. The second-order valence-corrected chi connectivity index (χ2v) is 6.33. The highest BCUT2D eigenvalue weighted by atomic mass is 35.5. The molecule has 1 atom stereocenters. The molecule has 1 aromatic carbocycles. The Morgan fingerprint density at radius 1 is 1.40 bits per heavy atom. The molecule has 0 aliphatic heterocycles. The van der Waals surface area contributed by atoms with Gasteiger partial charge in [0.1, 0.15) is 5.75 Å². The zero-order chi connectivity index (χ0) is 18.1. The van der Waals surface area contributed by atoms with Crippen LogP contribution >= 0.6 is 11.6 Å². The van der Waals surface area contributed by atoms with Crippen molar-refractivity contribution in [1.29, 1.82) is 0 Å². The van der Waals surface area contributed by atoms with Gasteiger partial charge >= 0.3 is 0 Å². The number of guanidine groups is 1. The number of halogens is 1. The number of hydrogen-bond donors (Lipinski definition) is 2. The number of methoxy groups -OCH3 is 1. The zero-order valence-electron chi connectivity index (χ0n) is 15.0. The summed E-state index contributed by atoms with van der Waals surface area (Å²) in [5, 5.41) is 11.6. The quantitative estimate of drug-likeness (QED) is 0.559. The number of nitrogens with one attached hydrogen (secondary N) is 2. The minimum absolute atomic E-state index is 0.439. The Bertz CT molecular complexity index is 672. The second-order valence-electron chi connectivity index (χ2n) is 5.92. The lowest BCUT2D eigenvalue weighted by molar-refractivity contribution is 0.414. The molecule has 0 amide bonds. The molecule has 0 bridgehead atoms. The molecule has 2 aromatic rings. The SMILES string of the molecule is CN=C(NCCc1ccc(OC)cc1Cl)NCC(C)Cn1cccn1. The van der Waals surface area contributed by atoms with Gasteiger partial charge in [0.2, 0.25) is 0 Å². The molecule has 7 heteroatoms. The monoisotopic (exact) mass is 363 g/mol. The van der Waals surface area contributed by atoms with E-state index in [-0.39, 0.29) is 0 Å². The Balaban J connectivity index is 1.73. The van der Waals surface area contributed by atoms with Gasteiger partial charge < -0.3 is 15.4 Å². The zero-order valence-corrected chi connectivity index (χ0v) is 15.8. The van der Waals surface area contributed by atoms with Crippen LogP contribution in [0, 0.1) is 5.92 Å². The Morgan fingerprint density at radius 3 is 2.88 bits per heavy atom. The van der Waals surface area contributed by atoms with E-state index in [0.29, 0.717) is 5.92 Å². The van der Waals surface area contributed by atoms with Crippen LogP contribution in [-0.2, 0) is 13.0 Å². The van der Waals surface area contributed by atoms with Gasteiger partial charge in [0.25, 0.3) is 0 Å².